The highest BCUT2D eigenvalue weighted by Crippen LogP contribution is 2.21. The Morgan fingerprint density at radius 1 is 1.42 bits per heavy atom. The Morgan fingerprint density at radius 3 is 2.74 bits per heavy atom. The first-order valence-corrected chi connectivity index (χ1v) is 6.37. The molecule has 0 amide bonds. The summed E-state index contributed by atoms with van der Waals surface area (Å²) in [5.41, 5.74) is 1.02. The van der Waals surface area contributed by atoms with Crippen LogP contribution in [0.4, 0.5) is 5.69 Å². The Labute approximate surface area is 112 Å². The second-order valence-electron chi connectivity index (χ2n) is 4.50. The van der Waals surface area contributed by atoms with E-state index in [0.29, 0.717) is 11.8 Å². The standard InChI is InChI=1S/C14H19NO4/c1-10-13(7-8-18-10)15-11-3-5-12(6-4-11)19-9-14(16)17-2/h3-6,10,13,15H,7-9H2,1-2H3. The van der Waals surface area contributed by atoms with Gasteiger partial charge < -0.3 is 19.5 Å². The van der Waals surface area contributed by atoms with Crippen LogP contribution in [0, 0.1) is 0 Å². The van der Waals surface area contributed by atoms with E-state index in [9.17, 15) is 4.79 Å². The number of methoxy groups -OCH3 is 1. The minimum Gasteiger partial charge on any atom is -0.482 e. The van der Waals surface area contributed by atoms with Crippen molar-refractivity contribution in [1.82, 2.24) is 0 Å². The summed E-state index contributed by atoms with van der Waals surface area (Å²) in [7, 11) is 1.34. The first-order valence-electron chi connectivity index (χ1n) is 6.37. The van der Waals surface area contributed by atoms with Crippen molar-refractivity contribution in [3.63, 3.8) is 0 Å². The number of carbonyl (C=O) groups is 1. The average Bonchev–Trinajstić information content (AvgIpc) is 2.83. The van der Waals surface area contributed by atoms with E-state index in [1.54, 1.807) is 0 Å². The molecule has 1 aromatic carbocycles. The largest absolute Gasteiger partial charge is 0.482 e. The smallest absolute Gasteiger partial charge is 0.343 e. The fraction of sp³-hybridized carbons (Fsp3) is 0.500. The number of nitrogens with one attached hydrogen (secondary N) is 1. The number of esters is 1. The fourth-order valence-corrected chi connectivity index (χ4v) is 1.98. The highest BCUT2D eigenvalue weighted by Gasteiger charge is 2.23. The van der Waals surface area contributed by atoms with E-state index in [0.717, 1.165) is 18.7 Å². The maximum Gasteiger partial charge on any atom is 0.343 e. The van der Waals surface area contributed by atoms with Gasteiger partial charge in [0.15, 0.2) is 6.61 Å². The van der Waals surface area contributed by atoms with Gasteiger partial charge in [-0.05, 0) is 37.6 Å². The Kier molecular flexibility index (Phi) is 4.63. The second-order valence-corrected chi connectivity index (χ2v) is 4.50. The van der Waals surface area contributed by atoms with Crippen LogP contribution in [0.1, 0.15) is 13.3 Å². The van der Waals surface area contributed by atoms with Crippen molar-refractivity contribution < 1.29 is 19.0 Å². The number of ether oxygens (including phenoxy) is 3. The summed E-state index contributed by atoms with van der Waals surface area (Å²) in [6, 6.07) is 7.86. The maximum absolute atomic E-state index is 10.9. The van der Waals surface area contributed by atoms with Crippen molar-refractivity contribution >= 4 is 11.7 Å². The minimum absolute atomic E-state index is 0.0726. The molecule has 0 spiro atoms. The molecule has 1 N–H and O–H groups in total. The Bertz CT molecular complexity index is 418. The van der Waals surface area contributed by atoms with Crippen LogP contribution in [-0.4, -0.2) is 38.4 Å². The van der Waals surface area contributed by atoms with Gasteiger partial charge >= 0.3 is 5.97 Å². The van der Waals surface area contributed by atoms with Crippen molar-refractivity contribution in [2.75, 3.05) is 25.6 Å². The van der Waals surface area contributed by atoms with E-state index in [1.165, 1.54) is 7.11 Å². The molecule has 1 fully saturated rings. The molecule has 0 saturated carbocycles. The van der Waals surface area contributed by atoms with Gasteiger partial charge in [-0.2, -0.15) is 0 Å². The molecule has 2 atom stereocenters. The third-order valence-corrected chi connectivity index (χ3v) is 3.17. The van der Waals surface area contributed by atoms with Gasteiger partial charge in [-0.1, -0.05) is 0 Å². The zero-order chi connectivity index (χ0) is 13.7. The summed E-state index contributed by atoms with van der Waals surface area (Å²) in [5.74, 6) is 0.255. The molecule has 0 aliphatic carbocycles. The summed E-state index contributed by atoms with van der Waals surface area (Å²) in [6.45, 7) is 2.80. The molecule has 2 unspecified atom stereocenters. The Morgan fingerprint density at radius 2 is 2.16 bits per heavy atom. The quantitative estimate of drug-likeness (QED) is 0.823. The van der Waals surface area contributed by atoms with Crippen LogP contribution in [0.5, 0.6) is 5.75 Å². The van der Waals surface area contributed by atoms with Crippen molar-refractivity contribution in [2.45, 2.75) is 25.5 Å². The van der Waals surface area contributed by atoms with E-state index in [1.807, 2.05) is 24.3 Å². The summed E-state index contributed by atoms with van der Waals surface area (Å²) in [6.07, 6.45) is 1.25. The van der Waals surface area contributed by atoms with Crippen LogP contribution in [0.25, 0.3) is 0 Å². The summed E-state index contributed by atoms with van der Waals surface area (Å²) >= 11 is 0. The molecule has 0 radical (unpaired) electrons. The van der Waals surface area contributed by atoms with Crippen LogP contribution >= 0.6 is 0 Å². The topological polar surface area (TPSA) is 56.8 Å². The number of hydrogen-bond donors (Lipinski definition) is 1. The SMILES string of the molecule is COC(=O)COc1ccc(NC2CCOC2C)cc1. The number of benzene rings is 1. The third kappa shape index (κ3) is 3.86. The van der Waals surface area contributed by atoms with E-state index in [-0.39, 0.29) is 18.7 Å². The lowest BCUT2D eigenvalue weighted by Crippen LogP contribution is -2.26. The Balaban J connectivity index is 1.85. The first kappa shape index (κ1) is 13.7. The van der Waals surface area contributed by atoms with Crippen molar-refractivity contribution in [2.24, 2.45) is 0 Å². The summed E-state index contributed by atoms with van der Waals surface area (Å²) < 4.78 is 15.3. The summed E-state index contributed by atoms with van der Waals surface area (Å²) in [4.78, 5) is 10.9. The molecule has 0 bridgehead atoms. The lowest BCUT2D eigenvalue weighted by Gasteiger charge is -2.17. The third-order valence-electron chi connectivity index (χ3n) is 3.17. The Hall–Kier alpha value is -1.75. The lowest BCUT2D eigenvalue weighted by molar-refractivity contribution is -0.142. The number of hydrogen-bond acceptors (Lipinski definition) is 5. The van der Waals surface area contributed by atoms with Gasteiger partial charge in [-0.15, -0.1) is 0 Å². The number of carbonyl (C=O) groups excluding carboxylic acids is 1. The predicted molar refractivity (Wildman–Crippen MR) is 71.4 cm³/mol. The maximum atomic E-state index is 10.9. The molecule has 1 aliphatic rings. The van der Waals surface area contributed by atoms with E-state index in [4.69, 9.17) is 9.47 Å². The van der Waals surface area contributed by atoms with E-state index < -0.39 is 0 Å². The highest BCUT2D eigenvalue weighted by molar-refractivity contribution is 5.70. The highest BCUT2D eigenvalue weighted by atomic mass is 16.6. The van der Waals surface area contributed by atoms with Gasteiger partial charge in [0.25, 0.3) is 0 Å². The lowest BCUT2D eigenvalue weighted by atomic mass is 10.1. The molecule has 1 aromatic rings. The normalized spacial score (nSPS) is 22.0. The molecule has 5 heteroatoms. The van der Waals surface area contributed by atoms with Gasteiger partial charge in [0.05, 0.1) is 19.3 Å². The second kappa shape index (κ2) is 6.43. The molecule has 2 rings (SSSR count). The molecule has 1 heterocycles. The molecule has 1 saturated heterocycles. The first-order chi connectivity index (χ1) is 9.19. The molecular weight excluding hydrogens is 246 g/mol. The molecule has 1 aliphatic heterocycles. The van der Waals surface area contributed by atoms with E-state index >= 15 is 0 Å². The van der Waals surface area contributed by atoms with Crippen LogP contribution in [0.15, 0.2) is 24.3 Å². The van der Waals surface area contributed by atoms with Gasteiger partial charge in [-0.25, -0.2) is 4.79 Å². The molecule has 0 aromatic heterocycles. The minimum atomic E-state index is -0.390. The van der Waals surface area contributed by atoms with Gasteiger partial charge in [0, 0.05) is 12.3 Å². The van der Waals surface area contributed by atoms with Gasteiger partial charge in [-0.3, -0.25) is 0 Å². The predicted octanol–water partition coefficient (Wildman–Crippen LogP) is 1.83. The summed E-state index contributed by atoms with van der Waals surface area (Å²) in [5, 5.41) is 3.42. The van der Waals surface area contributed by atoms with Crippen molar-refractivity contribution in [1.29, 1.82) is 0 Å². The van der Waals surface area contributed by atoms with Crippen LogP contribution in [0.2, 0.25) is 0 Å². The average molecular weight is 265 g/mol. The molecule has 19 heavy (non-hydrogen) atoms. The van der Waals surface area contributed by atoms with Crippen LogP contribution < -0.4 is 10.1 Å². The number of anilines is 1. The van der Waals surface area contributed by atoms with Crippen molar-refractivity contribution in [3.8, 4) is 5.75 Å². The number of rotatable bonds is 5. The van der Waals surface area contributed by atoms with Gasteiger partial charge in [0.1, 0.15) is 5.75 Å². The molecule has 5 nitrogen and oxygen atoms in total. The van der Waals surface area contributed by atoms with Crippen LogP contribution in [-0.2, 0) is 14.3 Å². The molecular formula is C14H19NO4. The fourth-order valence-electron chi connectivity index (χ4n) is 1.98. The van der Waals surface area contributed by atoms with Crippen molar-refractivity contribution in [3.05, 3.63) is 24.3 Å². The van der Waals surface area contributed by atoms with Gasteiger partial charge in [0.2, 0.25) is 0 Å². The monoisotopic (exact) mass is 265 g/mol. The van der Waals surface area contributed by atoms with E-state index in [2.05, 4.69) is 17.0 Å². The van der Waals surface area contributed by atoms with Crippen LogP contribution in [0.3, 0.4) is 0 Å². The zero-order valence-corrected chi connectivity index (χ0v) is 11.2. The zero-order valence-electron chi connectivity index (χ0n) is 11.2. The molecule has 104 valence electrons.